The number of benzene rings is 1. The number of methoxy groups -OCH3 is 2. The molecular weight excluding hydrogens is 552 g/mol. The van der Waals surface area contributed by atoms with Gasteiger partial charge in [0.25, 0.3) is 5.91 Å². The predicted molar refractivity (Wildman–Crippen MR) is 161 cm³/mol. The maximum absolute atomic E-state index is 13.8. The standard InChI is InChI=1S/C32H48N4O7/c1-21(2)35(31(37)22-10-13-28(40-4)29(16-22)41-15-7-14-39-3)19-23-17-33-18-24(23)20-36(25-11-12-25)32(38)42-30-26-8-5-6-9-27(26)43-34-30/h10,13,16,21,23-27,33H,5-9,11-12,14-15,17-20H2,1-4H3/t23-,24-,26?,27?/m0/s1. The molecule has 2 heterocycles. The fraction of sp³-hybridized carbons (Fsp3) is 0.719. The normalized spacial score (nSPS) is 24.6. The number of ether oxygens (including phenoxy) is 4. The Morgan fingerprint density at radius 1 is 1.02 bits per heavy atom. The summed E-state index contributed by atoms with van der Waals surface area (Å²) in [6.07, 6.45) is 6.56. The third-order valence-electron chi connectivity index (χ3n) is 9.10. The summed E-state index contributed by atoms with van der Waals surface area (Å²) < 4.78 is 22.4. The highest BCUT2D eigenvalue weighted by atomic mass is 16.7. The van der Waals surface area contributed by atoms with Crippen molar-refractivity contribution in [1.82, 2.24) is 15.1 Å². The first kappa shape index (κ1) is 31.4. The van der Waals surface area contributed by atoms with E-state index in [-0.39, 0.29) is 47.9 Å². The molecule has 4 atom stereocenters. The Labute approximate surface area is 255 Å². The fourth-order valence-corrected chi connectivity index (χ4v) is 6.42. The largest absolute Gasteiger partial charge is 0.493 e. The van der Waals surface area contributed by atoms with E-state index < -0.39 is 0 Å². The molecule has 2 aliphatic heterocycles. The van der Waals surface area contributed by atoms with E-state index in [1.807, 2.05) is 23.6 Å². The summed E-state index contributed by atoms with van der Waals surface area (Å²) in [4.78, 5) is 36.7. The van der Waals surface area contributed by atoms with Crippen LogP contribution in [-0.2, 0) is 14.3 Å². The van der Waals surface area contributed by atoms with Crippen molar-refractivity contribution >= 4 is 17.9 Å². The van der Waals surface area contributed by atoms with E-state index in [9.17, 15) is 9.59 Å². The molecule has 3 fully saturated rings. The van der Waals surface area contributed by atoms with Crippen LogP contribution in [0.3, 0.4) is 0 Å². The zero-order valence-corrected chi connectivity index (χ0v) is 26.1. The molecule has 0 spiro atoms. The second-order valence-electron chi connectivity index (χ2n) is 12.5. The molecule has 1 saturated heterocycles. The number of amides is 2. The van der Waals surface area contributed by atoms with Gasteiger partial charge < -0.3 is 38.9 Å². The summed E-state index contributed by atoms with van der Waals surface area (Å²) in [5.41, 5.74) is 0.558. The van der Waals surface area contributed by atoms with Gasteiger partial charge >= 0.3 is 6.09 Å². The Balaban J connectivity index is 1.23. The van der Waals surface area contributed by atoms with Crippen LogP contribution in [0.4, 0.5) is 4.79 Å². The molecule has 238 valence electrons. The topological polar surface area (TPSA) is 111 Å². The molecule has 2 saturated carbocycles. The van der Waals surface area contributed by atoms with Gasteiger partial charge in [0, 0.05) is 64.0 Å². The molecule has 11 heteroatoms. The van der Waals surface area contributed by atoms with Crippen LogP contribution >= 0.6 is 0 Å². The fourth-order valence-electron chi connectivity index (χ4n) is 6.42. The lowest BCUT2D eigenvalue weighted by Gasteiger charge is -2.33. The van der Waals surface area contributed by atoms with E-state index >= 15 is 0 Å². The van der Waals surface area contributed by atoms with Gasteiger partial charge in [0.1, 0.15) is 6.10 Å². The van der Waals surface area contributed by atoms with Crippen LogP contribution in [0.1, 0.15) is 69.2 Å². The molecule has 1 aromatic rings. The van der Waals surface area contributed by atoms with Crippen molar-refractivity contribution in [3.05, 3.63) is 23.8 Å². The van der Waals surface area contributed by atoms with Crippen molar-refractivity contribution in [1.29, 1.82) is 0 Å². The lowest BCUT2D eigenvalue weighted by molar-refractivity contribution is 0.0395. The maximum Gasteiger partial charge on any atom is 0.416 e. The summed E-state index contributed by atoms with van der Waals surface area (Å²) in [5.74, 6) is 2.00. The highest BCUT2D eigenvalue weighted by Gasteiger charge is 2.43. The van der Waals surface area contributed by atoms with Gasteiger partial charge in [0.2, 0.25) is 5.90 Å². The molecule has 0 bridgehead atoms. The zero-order chi connectivity index (χ0) is 30.3. The number of nitrogens with zero attached hydrogens (tertiary/aromatic N) is 3. The first-order valence-electron chi connectivity index (χ1n) is 15.9. The van der Waals surface area contributed by atoms with E-state index in [1.54, 1.807) is 32.4 Å². The predicted octanol–water partition coefficient (Wildman–Crippen LogP) is 4.30. The molecule has 1 aromatic carbocycles. The van der Waals surface area contributed by atoms with Gasteiger partial charge in [-0.25, -0.2) is 4.79 Å². The summed E-state index contributed by atoms with van der Waals surface area (Å²) >= 11 is 0. The average molecular weight is 601 g/mol. The van der Waals surface area contributed by atoms with Crippen LogP contribution in [0.25, 0.3) is 0 Å². The third kappa shape index (κ3) is 7.73. The highest BCUT2D eigenvalue weighted by Crippen LogP contribution is 2.35. The van der Waals surface area contributed by atoms with Crippen LogP contribution in [-0.4, -0.2) is 99.5 Å². The Morgan fingerprint density at radius 2 is 1.79 bits per heavy atom. The van der Waals surface area contributed by atoms with Gasteiger partial charge in [-0.05, 0) is 76.0 Å². The second kappa shape index (κ2) is 14.6. The molecule has 2 aliphatic carbocycles. The van der Waals surface area contributed by atoms with Crippen LogP contribution in [0, 0.1) is 17.8 Å². The number of carbonyl (C=O) groups is 2. The Hall–Kier alpha value is -3.05. The summed E-state index contributed by atoms with van der Waals surface area (Å²) in [5, 5.41) is 7.66. The molecule has 2 unspecified atom stereocenters. The summed E-state index contributed by atoms with van der Waals surface area (Å²) in [7, 11) is 3.25. The number of hydrogen-bond acceptors (Lipinski definition) is 9. The minimum atomic E-state index is -0.324. The lowest BCUT2D eigenvalue weighted by Crippen LogP contribution is -2.45. The van der Waals surface area contributed by atoms with Crippen molar-refractivity contribution in [3.8, 4) is 11.5 Å². The Kier molecular flexibility index (Phi) is 10.7. The third-order valence-corrected chi connectivity index (χ3v) is 9.10. The van der Waals surface area contributed by atoms with Crippen molar-refractivity contribution in [2.24, 2.45) is 22.9 Å². The van der Waals surface area contributed by atoms with Gasteiger partial charge in [-0.15, -0.1) is 0 Å². The average Bonchev–Trinajstić information content (AvgIpc) is 3.63. The number of fused-ring (bicyclic) bond motifs is 1. The number of carbonyl (C=O) groups excluding carboxylic acids is 2. The Morgan fingerprint density at radius 3 is 2.51 bits per heavy atom. The molecule has 1 N–H and O–H groups in total. The van der Waals surface area contributed by atoms with Crippen LogP contribution in [0.2, 0.25) is 0 Å². The van der Waals surface area contributed by atoms with Crippen molar-refractivity contribution < 1.29 is 33.4 Å². The molecule has 2 amide bonds. The van der Waals surface area contributed by atoms with Crippen molar-refractivity contribution in [2.75, 3.05) is 53.6 Å². The van der Waals surface area contributed by atoms with Crippen LogP contribution in [0.5, 0.6) is 11.5 Å². The quantitative estimate of drug-likeness (QED) is 0.334. The smallest absolute Gasteiger partial charge is 0.416 e. The zero-order valence-electron chi connectivity index (χ0n) is 26.1. The first-order chi connectivity index (χ1) is 20.9. The highest BCUT2D eigenvalue weighted by molar-refractivity contribution is 5.95. The van der Waals surface area contributed by atoms with Crippen molar-refractivity contribution in [2.45, 2.75) is 77.0 Å². The van der Waals surface area contributed by atoms with Gasteiger partial charge in [-0.3, -0.25) is 4.79 Å². The van der Waals surface area contributed by atoms with Crippen LogP contribution in [0.15, 0.2) is 23.4 Å². The number of oxime groups is 1. The monoisotopic (exact) mass is 600 g/mol. The van der Waals surface area contributed by atoms with Crippen molar-refractivity contribution in [3.63, 3.8) is 0 Å². The number of rotatable bonds is 13. The molecule has 11 nitrogen and oxygen atoms in total. The molecular formula is C32H48N4O7. The van der Waals surface area contributed by atoms with Gasteiger partial charge in [0.05, 0.1) is 19.6 Å². The molecule has 5 rings (SSSR count). The van der Waals surface area contributed by atoms with Gasteiger partial charge in [-0.1, -0.05) is 11.6 Å². The second-order valence-corrected chi connectivity index (χ2v) is 12.5. The molecule has 0 radical (unpaired) electrons. The summed E-state index contributed by atoms with van der Waals surface area (Å²) in [6, 6.07) is 5.54. The first-order valence-corrected chi connectivity index (χ1v) is 15.9. The lowest BCUT2D eigenvalue weighted by atomic mass is 9.87. The maximum atomic E-state index is 13.8. The van der Waals surface area contributed by atoms with E-state index in [2.05, 4.69) is 10.5 Å². The molecule has 43 heavy (non-hydrogen) atoms. The van der Waals surface area contributed by atoms with Crippen LogP contribution < -0.4 is 14.8 Å². The van der Waals surface area contributed by atoms with E-state index in [0.29, 0.717) is 49.3 Å². The number of nitrogens with one attached hydrogen (secondary N) is 1. The SMILES string of the molecule is COCCCOc1cc(C(=O)N(C[C@@H]2CNC[C@H]2CN(C(=O)OC2=NOC3CCCCC23)C2CC2)C(C)C)ccc1OC. The van der Waals surface area contributed by atoms with E-state index in [1.165, 1.54) is 0 Å². The van der Waals surface area contributed by atoms with E-state index in [0.717, 1.165) is 58.0 Å². The summed E-state index contributed by atoms with van der Waals surface area (Å²) in [6.45, 7) is 7.89. The minimum Gasteiger partial charge on any atom is -0.493 e. The molecule has 0 aromatic heterocycles. The minimum absolute atomic E-state index is 0.00441. The molecule has 4 aliphatic rings. The van der Waals surface area contributed by atoms with E-state index in [4.69, 9.17) is 23.8 Å². The Bertz CT molecular complexity index is 1140. The van der Waals surface area contributed by atoms with Gasteiger partial charge in [0.15, 0.2) is 11.5 Å². The van der Waals surface area contributed by atoms with Gasteiger partial charge in [-0.2, -0.15) is 0 Å². The number of hydrogen-bond donors (Lipinski definition) is 1.